The van der Waals surface area contributed by atoms with Gasteiger partial charge in [-0.1, -0.05) is 30.3 Å². The SMILES string of the molecule is CS(=O)(=O)N1CCC[C@H](C(=O)N2CCC(Cc3ccccc3)CC2)C1. The molecule has 0 spiro atoms. The van der Waals surface area contributed by atoms with Crippen LogP contribution in [-0.2, 0) is 21.2 Å². The van der Waals surface area contributed by atoms with Gasteiger partial charge in [0.2, 0.25) is 15.9 Å². The highest BCUT2D eigenvalue weighted by Crippen LogP contribution is 2.26. The first-order chi connectivity index (χ1) is 11.9. The summed E-state index contributed by atoms with van der Waals surface area (Å²) in [5.74, 6) is 0.603. The molecule has 2 aliphatic rings. The molecule has 0 bridgehead atoms. The van der Waals surface area contributed by atoms with E-state index < -0.39 is 10.0 Å². The molecule has 0 aromatic heterocycles. The molecular weight excluding hydrogens is 336 g/mol. The van der Waals surface area contributed by atoms with Crippen LogP contribution in [0.3, 0.4) is 0 Å². The van der Waals surface area contributed by atoms with Crippen molar-refractivity contribution in [2.45, 2.75) is 32.1 Å². The zero-order chi connectivity index (χ0) is 17.9. The maximum atomic E-state index is 12.8. The lowest BCUT2D eigenvalue weighted by molar-refractivity contribution is -0.138. The smallest absolute Gasteiger partial charge is 0.227 e. The molecule has 5 nitrogen and oxygen atoms in total. The Labute approximate surface area is 151 Å². The quantitative estimate of drug-likeness (QED) is 0.822. The standard InChI is InChI=1S/C19H28N2O3S/c1-25(23,24)21-11-5-8-18(15-21)19(22)20-12-9-17(10-13-20)14-16-6-3-2-4-7-16/h2-4,6-7,17-18H,5,8-15H2,1H3/t18-/m0/s1. The molecule has 0 radical (unpaired) electrons. The Morgan fingerprint density at radius 2 is 1.76 bits per heavy atom. The predicted octanol–water partition coefficient (Wildman–Crippen LogP) is 2.14. The summed E-state index contributed by atoms with van der Waals surface area (Å²) in [5, 5.41) is 0. The molecule has 2 aliphatic heterocycles. The second kappa shape index (κ2) is 7.87. The molecule has 3 rings (SSSR count). The van der Waals surface area contributed by atoms with Crippen molar-refractivity contribution in [1.82, 2.24) is 9.21 Å². The predicted molar refractivity (Wildman–Crippen MR) is 98.6 cm³/mol. The summed E-state index contributed by atoms with van der Waals surface area (Å²) in [7, 11) is -3.20. The average molecular weight is 365 g/mol. The number of likely N-dealkylation sites (tertiary alicyclic amines) is 1. The Balaban J connectivity index is 1.51. The third-order valence-corrected chi connectivity index (χ3v) is 6.77. The minimum absolute atomic E-state index is 0.145. The van der Waals surface area contributed by atoms with Crippen molar-refractivity contribution in [3.05, 3.63) is 35.9 Å². The molecule has 1 aromatic carbocycles. The summed E-state index contributed by atoms with van der Waals surface area (Å²) in [6.45, 7) is 2.49. The van der Waals surface area contributed by atoms with Crippen molar-refractivity contribution < 1.29 is 13.2 Å². The molecule has 25 heavy (non-hydrogen) atoms. The van der Waals surface area contributed by atoms with Gasteiger partial charge in [-0.15, -0.1) is 0 Å². The van der Waals surface area contributed by atoms with E-state index in [2.05, 4.69) is 24.3 Å². The number of amides is 1. The van der Waals surface area contributed by atoms with Gasteiger partial charge in [0.25, 0.3) is 0 Å². The zero-order valence-corrected chi connectivity index (χ0v) is 15.7. The second-order valence-corrected chi connectivity index (χ2v) is 9.40. The van der Waals surface area contributed by atoms with Crippen molar-refractivity contribution in [3.8, 4) is 0 Å². The zero-order valence-electron chi connectivity index (χ0n) is 14.9. The van der Waals surface area contributed by atoms with E-state index in [1.54, 1.807) is 0 Å². The van der Waals surface area contributed by atoms with Gasteiger partial charge in [0.1, 0.15) is 0 Å². The Hall–Kier alpha value is -1.40. The highest BCUT2D eigenvalue weighted by atomic mass is 32.2. The van der Waals surface area contributed by atoms with E-state index >= 15 is 0 Å². The highest BCUT2D eigenvalue weighted by molar-refractivity contribution is 7.88. The minimum atomic E-state index is -3.20. The Bertz CT molecular complexity index is 682. The van der Waals surface area contributed by atoms with Crippen molar-refractivity contribution >= 4 is 15.9 Å². The summed E-state index contributed by atoms with van der Waals surface area (Å²) in [6, 6.07) is 10.5. The van der Waals surface area contributed by atoms with E-state index in [9.17, 15) is 13.2 Å². The number of carbonyl (C=O) groups is 1. The van der Waals surface area contributed by atoms with Crippen LogP contribution in [0.2, 0.25) is 0 Å². The Morgan fingerprint density at radius 3 is 2.40 bits per heavy atom. The van der Waals surface area contributed by atoms with E-state index in [4.69, 9.17) is 0 Å². The second-order valence-electron chi connectivity index (χ2n) is 7.42. The first kappa shape index (κ1) is 18.4. The summed E-state index contributed by atoms with van der Waals surface area (Å²) in [4.78, 5) is 14.8. The highest BCUT2D eigenvalue weighted by Gasteiger charge is 2.33. The maximum Gasteiger partial charge on any atom is 0.227 e. The normalized spacial score (nSPS) is 23.6. The number of nitrogens with zero attached hydrogens (tertiary/aromatic N) is 2. The van der Waals surface area contributed by atoms with Gasteiger partial charge >= 0.3 is 0 Å². The minimum Gasteiger partial charge on any atom is -0.342 e. The number of hydrogen-bond acceptors (Lipinski definition) is 3. The molecule has 2 fully saturated rings. The van der Waals surface area contributed by atoms with E-state index in [1.165, 1.54) is 16.1 Å². The third-order valence-electron chi connectivity index (χ3n) is 5.50. The molecule has 138 valence electrons. The lowest BCUT2D eigenvalue weighted by Gasteiger charge is -2.37. The van der Waals surface area contributed by atoms with Crippen LogP contribution in [-0.4, -0.2) is 56.0 Å². The van der Waals surface area contributed by atoms with E-state index in [0.717, 1.165) is 45.2 Å². The number of benzene rings is 1. The van der Waals surface area contributed by atoms with Gasteiger partial charge < -0.3 is 4.90 Å². The molecule has 2 saturated heterocycles. The van der Waals surface area contributed by atoms with Gasteiger partial charge in [-0.2, -0.15) is 0 Å². The molecule has 0 N–H and O–H groups in total. The molecule has 0 saturated carbocycles. The van der Waals surface area contributed by atoms with Gasteiger partial charge in [0, 0.05) is 26.2 Å². The molecular formula is C19H28N2O3S. The van der Waals surface area contributed by atoms with Crippen molar-refractivity contribution in [1.29, 1.82) is 0 Å². The van der Waals surface area contributed by atoms with Crippen LogP contribution in [0.15, 0.2) is 30.3 Å². The van der Waals surface area contributed by atoms with E-state index in [1.807, 2.05) is 11.0 Å². The summed E-state index contributed by atoms with van der Waals surface area (Å²) < 4.78 is 25.0. The molecule has 1 aromatic rings. The van der Waals surface area contributed by atoms with Crippen molar-refractivity contribution in [2.24, 2.45) is 11.8 Å². The van der Waals surface area contributed by atoms with Crippen LogP contribution in [0.25, 0.3) is 0 Å². The van der Waals surface area contributed by atoms with Crippen LogP contribution >= 0.6 is 0 Å². The number of sulfonamides is 1. The summed E-state index contributed by atoms with van der Waals surface area (Å²) in [6.07, 6.45) is 5.94. The fourth-order valence-electron chi connectivity index (χ4n) is 4.01. The Morgan fingerprint density at radius 1 is 1.08 bits per heavy atom. The largest absolute Gasteiger partial charge is 0.342 e. The monoisotopic (exact) mass is 364 g/mol. The molecule has 0 unspecified atom stereocenters. The van der Waals surface area contributed by atoms with Crippen LogP contribution in [0.5, 0.6) is 0 Å². The fourth-order valence-corrected chi connectivity index (χ4v) is 4.92. The van der Waals surface area contributed by atoms with Crippen LogP contribution in [0.4, 0.5) is 0 Å². The van der Waals surface area contributed by atoms with Crippen LogP contribution in [0, 0.1) is 11.8 Å². The van der Waals surface area contributed by atoms with Gasteiger partial charge in [0.15, 0.2) is 0 Å². The van der Waals surface area contributed by atoms with Gasteiger partial charge in [0.05, 0.1) is 12.2 Å². The lowest BCUT2D eigenvalue weighted by Crippen LogP contribution is -2.48. The molecule has 6 heteroatoms. The number of piperidine rings is 2. The molecule has 1 amide bonds. The Kier molecular flexibility index (Phi) is 5.79. The lowest BCUT2D eigenvalue weighted by atomic mass is 9.89. The van der Waals surface area contributed by atoms with Gasteiger partial charge in [-0.05, 0) is 43.6 Å². The van der Waals surface area contributed by atoms with Crippen molar-refractivity contribution in [3.63, 3.8) is 0 Å². The molecule has 0 aliphatic carbocycles. The van der Waals surface area contributed by atoms with E-state index in [-0.39, 0.29) is 11.8 Å². The van der Waals surface area contributed by atoms with E-state index in [0.29, 0.717) is 19.0 Å². The van der Waals surface area contributed by atoms with Crippen LogP contribution in [0.1, 0.15) is 31.2 Å². The topological polar surface area (TPSA) is 57.7 Å². The van der Waals surface area contributed by atoms with Gasteiger partial charge in [-0.3, -0.25) is 4.79 Å². The summed E-state index contributed by atoms with van der Waals surface area (Å²) >= 11 is 0. The molecule has 2 heterocycles. The summed E-state index contributed by atoms with van der Waals surface area (Å²) in [5.41, 5.74) is 1.36. The molecule has 1 atom stereocenters. The maximum absolute atomic E-state index is 12.8. The average Bonchev–Trinajstić information content (AvgIpc) is 2.62. The van der Waals surface area contributed by atoms with Crippen LogP contribution < -0.4 is 0 Å². The first-order valence-electron chi connectivity index (χ1n) is 9.21. The third kappa shape index (κ3) is 4.82. The van der Waals surface area contributed by atoms with Gasteiger partial charge in [-0.25, -0.2) is 12.7 Å². The van der Waals surface area contributed by atoms with Crippen molar-refractivity contribution in [2.75, 3.05) is 32.4 Å². The number of hydrogen-bond donors (Lipinski definition) is 0. The first-order valence-corrected chi connectivity index (χ1v) is 11.1. The fraction of sp³-hybridized carbons (Fsp3) is 0.632. The number of rotatable bonds is 4. The number of carbonyl (C=O) groups excluding carboxylic acids is 1.